The lowest BCUT2D eigenvalue weighted by Crippen LogP contribution is -2.50. The first-order chi connectivity index (χ1) is 9.98. The van der Waals surface area contributed by atoms with Crippen molar-refractivity contribution in [2.45, 2.75) is 57.4 Å². The summed E-state index contributed by atoms with van der Waals surface area (Å²) >= 11 is 0. The molecular formula is C15H26N2O3S. The van der Waals surface area contributed by atoms with Gasteiger partial charge in [-0.25, -0.2) is 13.2 Å². The number of hydrogen-bond donors (Lipinski definition) is 1. The number of amides is 2. The molecule has 0 aromatic heterocycles. The van der Waals surface area contributed by atoms with Crippen molar-refractivity contribution in [3.05, 3.63) is 0 Å². The van der Waals surface area contributed by atoms with Crippen LogP contribution in [0.2, 0.25) is 0 Å². The normalized spacial score (nSPS) is 31.2. The van der Waals surface area contributed by atoms with Gasteiger partial charge in [0, 0.05) is 19.1 Å². The molecule has 1 saturated carbocycles. The topological polar surface area (TPSA) is 66.5 Å². The summed E-state index contributed by atoms with van der Waals surface area (Å²) in [7, 11) is -2.93. The van der Waals surface area contributed by atoms with Crippen molar-refractivity contribution in [1.29, 1.82) is 0 Å². The molecule has 1 N–H and O–H groups in total. The minimum Gasteiger partial charge on any atom is -0.334 e. The van der Waals surface area contributed by atoms with Crippen molar-refractivity contribution < 1.29 is 13.2 Å². The van der Waals surface area contributed by atoms with Crippen LogP contribution in [0, 0.1) is 5.41 Å². The summed E-state index contributed by atoms with van der Waals surface area (Å²) < 4.78 is 22.9. The van der Waals surface area contributed by atoms with Crippen molar-refractivity contribution >= 4 is 15.9 Å². The summed E-state index contributed by atoms with van der Waals surface area (Å²) in [4.78, 5) is 14.1. The molecule has 2 amide bonds. The predicted octanol–water partition coefficient (Wildman–Crippen LogP) is 1.93. The molecular weight excluding hydrogens is 288 g/mol. The second-order valence-corrected chi connectivity index (χ2v) is 9.33. The SMILES string of the molecule is O=C(N[C@@H]1CCS(=O)(=O)C1)N1CCC2(CCCCC2)CC1. The molecule has 5 nitrogen and oxygen atoms in total. The van der Waals surface area contributed by atoms with E-state index in [0.29, 0.717) is 11.8 Å². The Morgan fingerprint density at radius 3 is 2.29 bits per heavy atom. The van der Waals surface area contributed by atoms with Gasteiger partial charge < -0.3 is 10.2 Å². The van der Waals surface area contributed by atoms with Crippen LogP contribution in [0.5, 0.6) is 0 Å². The van der Waals surface area contributed by atoms with E-state index < -0.39 is 9.84 Å². The molecule has 21 heavy (non-hydrogen) atoms. The average molecular weight is 314 g/mol. The van der Waals surface area contributed by atoms with Crippen LogP contribution < -0.4 is 5.32 Å². The predicted molar refractivity (Wildman–Crippen MR) is 81.9 cm³/mol. The molecule has 0 bridgehead atoms. The summed E-state index contributed by atoms with van der Waals surface area (Å²) in [6.45, 7) is 1.65. The third kappa shape index (κ3) is 3.52. The molecule has 0 unspecified atom stereocenters. The fourth-order valence-corrected chi connectivity index (χ4v) is 5.83. The van der Waals surface area contributed by atoms with E-state index in [1.54, 1.807) is 0 Å². The average Bonchev–Trinajstić information content (AvgIpc) is 2.79. The standard InChI is InChI=1S/C15H26N2O3S/c18-14(16-13-4-11-21(19,20)12-13)17-9-7-15(8-10-17)5-2-1-3-6-15/h13H,1-12H2,(H,16,18)/t13-/m1/s1. The number of carbonyl (C=O) groups is 1. The van der Waals surface area contributed by atoms with Gasteiger partial charge in [0.1, 0.15) is 0 Å². The highest BCUT2D eigenvalue weighted by Crippen LogP contribution is 2.44. The molecule has 2 saturated heterocycles. The summed E-state index contributed by atoms with van der Waals surface area (Å²) in [6, 6.07) is -0.254. The Morgan fingerprint density at radius 1 is 1.05 bits per heavy atom. The van der Waals surface area contributed by atoms with Crippen molar-refractivity contribution in [3.63, 3.8) is 0 Å². The van der Waals surface area contributed by atoms with Crippen LogP contribution in [0.1, 0.15) is 51.4 Å². The van der Waals surface area contributed by atoms with Crippen LogP contribution in [-0.4, -0.2) is 50.0 Å². The lowest BCUT2D eigenvalue weighted by Gasteiger charge is -2.44. The highest BCUT2D eigenvalue weighted by molar-refractivity contribution is 7.91. The quantitative estimate of drug-likeness (QED) is 0.804. The maximum Gasteiger partial charge on any atom is 0.317 e. The van der Waals surface area contributed by atoms with Crippen molar-refractivity contribution in [1.82, 2.24) is 10.2 Å². The molecule has 0 aromatic rings. The number of rotatable bonds is 1. The second kappa shape index (κ2) is 5.78. The van der Waals surface area contributed by atoms with Crippen LogP contribution in [0.4, 0.5) is 4.79 Å². The summed E-state index contributed by atoms with van der Waals surface area (Å²) in [6.07, 6.45) is 9.48. The number of sulfone groups is 1. The molecule has 0 aromatic carbocycles. The van der Waals surface area contributed by atoms with E-state index in [0.717, 1.165) is 25.9 Å². The van der Waals surface area contributed by atoms with Gasteiger partial charge in [0.15, 0.2) is 9.84 Å². The molecule has 2 aliphatic heterocycles. The third-order valence-corrected chi connectivity index (χ3v) is 7.35. The van der Waals surface area contributed by atoms with Gasteiger partial charge in [0.25, 0.3) is 0 Å². The van der Waals surface area contributed by atoms with Gasteiger partial charge in [-0.15, -0.1) is 0 Å². The Hall–Kier alpha value is -0.780. The van der Waals surface area contributed by atoms with Crippen molar-refractivity contribution in [2.24, 2.45) is 5.41 Å². The summed E-state index contributed by atoms with van der Waals surface area (Å²) in [5, 5.41) is 2.90. The van der Waals surface area contributed by atoms with E-state index in [4.69, 9.17) is 0 Å². The molecule has 3 rings (SSSR count). The molecule has 3 fully saturated rings. The molecule has 1 spiro atoms. The first kappa shape index (κ1) is 15.1. The molecule has 1 aliphatic carbocycles. The van der Waals surface area contributed by atoms with E-state index in [9.17, 15) is 13.2 Å². The number of nitrogens with zero attached hydrogens (tertiary/aromatic N) is 1. The smallest absolute Gasteiger partial charge is 0.317 e. The highest BCUT2D eigenvalue weighted by Gasteiger charge is 2.37. The first-order valence-corrected chi connectivity index (χ1v) is 10.1. The van der Waals surface area contributed by atoms with E-state index in [1.165, 1.54) is 32.1 Å². The van der Waals surface area contributed by atoms with Gasteiger partial charge in [-0.05, 0) is 37.5 Å². The number of nitrogens with one attached hydrogen (secondary N) is 1. The lowest BCUT2D eigenvalue weighted by molar-refractivity contribution is 0.0806. The van der Waals surface area contributed by atoms with Gasteiger partial charge >= 0.3 is 6.03 Å². The van der Waals surface area contributed by atoms with Gasteiger partial charge in [-0.2, -0.15) is 0 Å². The van der Waals surface area contributed by atoms with Crippen molar-refractivity contribution in [3.8, 4) is 0 Å². The van der Waals surface area contributed by atoms with Crippen LogP contribution in [0.3, 0.4) is 0 Å². The first-order valence-electron chi connectivity index (χ1n) is 8.24. The zero-order valence-corrected chi connectivity index (χ0v) is 13.5. The largest absolute Gasteiger partial charge is 0.334 e. The minimum atomic E-state index is -2.93. The molecule has 6 heteroatoms. The monoisotopic (exact) mass is 314 g/mol. The fourth-order valence-electron chi connectivity index (χ4n) is 4.16. The number of hydrogen-bond acceptors (Lipinski definition) is 3. The zero-order chi connectivity index (χ0) is 14.9. The van der Waals surface area contributed by atoms with Gasteiger partial charge in [0.2, 0.25) is 0 Å². The van der Waals surface area contributed by atoms with Crippen LogP contribution in [-0.2, 0) is 9.84 Å². The second-order valence-electron chi connectivity index (χ2n) is 7.10. The Labute approximate surface area is 127 Å². The number of carbonyl (C=O) groups excluding carboxylic acids is 1. The van der Waals surface area contributed by atoms with E-state index >= 15 is 0 Å². The molecule has 3 aliphatic rings. The Bertz CT molecular complexity index is 487. The van der Waals surface area contributed by atoms with E-state index in [2.05, 4.69) is 5.32 Å². The molecule has 120 valence electrons. The van der Waals surface area contributed by atoms with Gasteiger partial charge in [0.05, 0.1) is 11.5 Å². The maximum absolute atomic E-state index is 12.3. The fraction of sp³-hybridized carbons (Fsp3) is 0.933. The summed E-state index contributed by atoms with van der Waals surface area (Å²) in [5.74, 6) is 0.317. The number of urea groups is 1. The highest BCUT2D eigenvalue weighted by atomic mass is 32.2. The van der Waals surface area contributed by atoms with Crippen LogP contribution in [0.25, 0.3) is 0 Å². The van der Waals surface area contributed by atoms with Crippen LogP contribution in [0.15, 0.2) is 0 Å². The maximum atomic E-state index is 12.3. The van der Waals surface area contributed by atoms with Gasteiger partial charge in [-0.1, -0.05) is 19.3 Å². The Balaban J connectivity index is 1.49. The zero-order valence-electron chi connectivity index (χ0n) is 12.6. The Kier molecular flexibility index (Phi) is 4.17. The van der Waals surface area contributed by atoms with Crippen molar-refractivity contribution in [2.75, 3.05) is 24.6 Å². The lowest BCUT2D eigenvalue weighted by atomic mass is 9.68. The number of piperidine rings is 1. The summed E-state index contributed by atoms with van der Waals surface area (Å²) in [5.41, 5.74) is 0.492. The van der Waals surface area contributed by atoms with Gasteiger partial charge in [-0.3, -0.25) is 0 Å². The van der Waals surface area contributed by atoms with Crippen LogP contribution >= 0.6 is 0 Å². The molecule has 2 heterocycles. The molecule has 0 radical (unpaired) electrons. The van der Waals surface area contributed by atoms with E-state index in [-0.39, 0.29) is 23.6 Å². The number of likely N-dealkylation sites (tertiary alicyclic amines) is 1. The Morgan fingerprint density at radius 2 is 1.71 bits per heavy atom. The molecule has 1 atom stereocenters. The third-order valence-electron chi connectivity index (χ3n) is 5.59. The van der Waals surface area contributed by atoms with E-state index in [1.807, 2.05) is 4.90 Å². The minimum absolute atomic E-state index is 0.0669.